The molecule has 0 aliphatic rings. The van der Waals surface area contributed by atoms with Gasteiger partial charge in [-0.2, -0.15) is 8.78 Å². The van der Waals surface area contributed by atoms with Crippen LogP contribution in [0.4, 0.5) is 8.78 Å². The van der Waals surface area contributed by atoms with Crippen LogP contribution in [0.1, 0.15) is 12.8 Å². The molecule has 0 spiro atoms. The minimum absolute atomic E-state index is 0.282. The predicted octanol–water partition coefficient (Wildman–Crippen LogP) is 2.88. The average molecular weight is 225 g/mol. The number of hydrogen-bond acceptors (Lipinski definition) is 2. The van der Waals surface area contributed by atoms with Gasteiger partial charge in [0, 0.05) is 12.8 Å². The highest BCUT2D eigenvalue weighted by molar-refractivity contribution is 6.31. The first-order chi connectivity index (χ1) is 6.41. The number of carbonyl (C=O) groups is 1. The van der Waals surface area contributed by atoms with Crippen molar-refractivity contribution in [2.45, 2.75) is 24.3 Å². The second kappa shape index (κ2) is 5.75. The van der Waals surface area contributed by atoms with Crippen molar-refractivity contribution in [3.63, 3.8) is 0 Å². The molecule has 0 atom stereocenters. The zero-order valence-corrected chi connectivity index (χ0v) is 8.27. The van der Waals surface area contributed by atoms with Gasteiger partial charge >= 0.3 is 11.4 Å². The molecule has 0 radical (unpaired) electrons. The summed E-state index contributed by atoms with van der Waals surface area (Å²) >= 11 is 4.47. The van der Waals surface area contributed by atoms with E-state index in [-0.39, 0.29) is 12.8 Å². The Morgan fingerprint density at radius 3 is 2.14 bits per heavy atom. The molecule has 0 aromatic rings. The lowest BCUT2D eigenvalue weighted by Gasteiger charge is -2.16. The first kappa shape index (κ1) is 13.1. The molecule has 0 aromatic heterocycles. The van der Waals surface area contributed by atoms with Crippen molar-refractivity contribution in [1.82, 2.24) is 0 Å². The molecule has 80 valence electrons. The molecule has 0 aromatic carbocycles. The molecular weight excluding hydrogens is 214 g/mol. The molecule has 0 unspecified atom stereocenters. The van der Waals surface area contributed by atoms with E-state index in [2.05, 4.69) is 29.5 Å². The summed E-state index contributed by atoms with van der Waals surface area (Å²) in [4.78, 5) is 10.7. The summed E-state index contributed by atoms with van der Waals surface area (Å²) in [5, 5.41) is -3.97. The van der Waals surface area contributed by atoms with Crippen LogP contribution >= 0.6 is 11.6 Å². The molecule has 0 saturated heterocycles. The number of alkyl halides is 3. The van der Waals surface area contributed by atoms with Crippen molar-refractivity contribution < 1.29 is 18.3 Å². The van der Waals surface area contributed by atoms with Crippen LogP contribution < -0.4 is 0 Å². The van der Waals surface area contributed by atoms with Gasteiger partial charge in [0.25, 0.3) is 0 Å². The normalized spacial score (nSPS) is 11.1. The summed E-state index contributed by atoms with van der Waals surface area (Å²) in [5.74, 6) is -1.74. The van der Waals surface area contributed by atoms with E-state index in [9.17, 15) is 13.6 Å². The SMILES string of the molecule is C=CCC(CC=C)OC(=O)C(F)(F)Cl. The fourth-order valence-electron chi connectivity index (χ4n) is 0.782. The number of esters is 1. The standard InChI is InChI=1S/C9H11ClF2O2/c1-3-5-7(6-4-2)14-8(13)9(10,11)12/h3-4,7H,1-2,5-6H2. The Hall–Kier alpha value is -0.900. The lowest BCUT2D eigenvalue weighted by molar-refractivity contribution is -0.166. The number of ether oxygens (including phenoxy) is 1. The molecule has 0 aliphatic heterocycles. The van der Waals surface area contributed by atoms with Crippen molar-refractivity contribution in [1.29, 1.82) is 0 Å². The Labute approximate surface area is 86.2 Å². The van der Waals surface area contributed by atoms with E-state index >= 15 is 0 Å². The summed E-state index contributed by atoms with van der Waals surface area (Å²) in [7, 11) is 0. The average Bonchev–Trinajstić information content (AvgIpc) is 2.03. The van der Waals surface area contributed by atoms with Gasteiger partial charge in [-0.3, -0.25) is 0 Å². The Balaban J connectivity index is 4.21. The number of carbonyl (C=O) groups excluding carboxylic acids is 1. The molecular formula is C9H11ClF2O2. The molecule has 5 heteroatoms. The van der Waals surface area contributed by atoms with Gasteiger partial charge in [0.2, 0.25) is 0 Å². The van der Waals surface area contributed by atoms with Crippen LogP contribution in [0.15, 0.2) is 25.3 Å². The highest BCUT2D eigenvalue weighted by atomic mass is 35.5. The van der Waals surface area contributed by atoms with Crippen molar-refractivity contribution >= 4 is 17.6 Å². The zero-order chi connectivity index (χ0) is 11.2. The molecule has 0 bridgehead atoms. The maximum atomic E-state index is 12.2. The van der Waals surface area contributed by atoms with Gasteiger partial charge in [0.1, 0.15) is 6.10 Å². The van der Waals surface area contributed by atoms with Crippen LogP contribution in [0.25, 0.3) is 0 Å². The maximum Gasteiger partial charge on any atom is 0.417 e. The zero-order valence-electron chi connectivity index (χ0n) is 7.51. The Bertz CT molecular complexity index is 213. The highest BCUT2D eigenvalue weighted by Crippen LogP contribution is 2.22. The minimum atomic E-state index is -3.97. The summed E-state index contributed by atoms with van der Waals surface area (Å²) in [6.07, 6.45) is 2.82. The topological polar surface area (TPSA) is 26.3 Å². The Morgan fingerprint density at radius 1 is 1.43 bits per heavy atom. The number of rotatable bonds is 6. The fourth-order valence-corrected chi connectivity index (χ4v) is 0.827. The maximum absolute atomic E-state index is 12.2. The van der Waals surface area contributed by atoms with Crippen molar-refractivity contribution in [2.75, 3.05) is 0 Å². The molecule has 2 nitrogen and oxygen atoms in total. The molecule has 0 aliphatic carbocycles. The summed E-state index contributed by atoms with van der Waals surface area (Å²) in [5.41, 5.74) is 0. The van der Waals surface area contributed by atoms with Crippen LogP contribution in [0.3, 0.4) is 0 Å². The van der Waals surface area contributed by atoms with Crippen LogP contribution in [-0.4, -0.2) is 17.5 Å². The Morgan fingerprint density at radius 2 is 1.86 bits per heavy atom. The van der Waals surface area contributed by atoms with E-state index in [0.717, 1.165) is 0 Å². The van der Waals surface area contributed by atoms with Crippen LogP contribution in [-0.2, 0) is 9.53 Å². The summed E-state index contributed by atoms with van der Waals surface area (Å²) in [6, 6.07) is 0. The van der Waals surface area contributed by atoms with Gasteiger partial charge in [0.15, 0.2) is 0 Å². The smallest absolute Gasteiger partial charge is 0.417 e. The molecule has 0 rings (SSSR count). The first-order valence-corrected chi connectivity index (χ1v) is 4.29. The lowest BCUT2D eigenvalue weighted by atomic mass is 10.2. The first-order valence-electron chi connectivity index (χ1n) is 3.91. The minimum Gasteiger partial charge on any atom is -0.456 e. The fraction of sp³-hybridized carbons (Fsp3) is 0.444. The van der Waals surface area contributed by atoms with Crippen molar-refractivity contribution in [3.8, 4) is 0 Å². The van der Waals surface area contributed by atoms with Crippen molar-refractivity contribution in [2.24, 2.45) is 0 Å². The van der Waals surface area contributed by atoms with Gasteiger partial charge in [-0.05, 0) is 11.6 Å². The van der Waals surface area contributed by atoms with Gasteiger partial charge in [0.05, 0.1) is 0 Å². The molecule has 0 N–H and O–H groups in total. The van der Waals surface area contributed by atoms with E-state index in [0.29, 0.717) is 0 Å². The van der Waals surface area contributed by atoms with Crippen molar-refractivity contribution in [3.05, 3.63) is 25.3 Å². The van der Waals surface area contributed by atoms with Gasteiger partial charge in [-0.1, -0.05) is 12.2 Å². The van der Waals surface area contributed by atoms with E-state index in [1.165, 1.54) is 12.2 Å². The lowest BCUT2D eigenvalue weighted by Crippen LogP contribution is -2.28. The largest absolute Gasteiger partial charge is 0.456 e. The summed E-state index contributed by atoms with van der Waals surface area (Å²) < 4.78 is 28.8. The predicted molar refractivity (Wildman–Crippen MR) is 50.3 cm³/mol. The van der Waals surface area contributed by atoms with Crippen LogP contribution in [0, 0.1) is 0 Å². The number of halogens is 3. The third-order valence-electron chi connectivity index (χ3n) is 1.36. The third kappa shape index (κ3) is 4.97. The molecule has 14 heavy (non-hydrogen) atoms. The van der Waals surface area contributed by atoms with Gasteiger partial charge in [-0.15, -0.1) is 13.2 Å². The Kier molecular flexibility index (Phi) is 5.38. The summed E-state index contributed by atoms with van der Waals surface area (Å²) in [6.45, 7) is 6.81. The van der Waals surface area contributed by atoms with E-state index < -0.39 is 17.5 Å². The molecule has 0 saturated carbocycles. The molecule has 0 amide bonds. The monoisotopic (exact) mass is 224 g/mol. The van der Waals surface area contributed by atoms with E-state index in [4.69, 9.17) is 0 Å². The van der Waals surface area contributed by atoms with Gasteiger partial charge in [-0.25, -0.2) is 4.79 Å². The van der Waals surface area contributed by atoms with E-state index in [1.54, 1.807) is 0 Å². The quantitative estimate of drug-likeness (QED) is 0.394. The van der Waals surface area contributed by atoms with Gasteiger partial charge < -0.3 is 4.74 Å². The molecule has 0 fully saturated rings. The van der Waals surface area contributed by atoms with Crippen LogP contribution in [0.5, 0.6) is 0 Å². The van der Waals surface area contributed by atoms with Crippen LogP contribution in [0.2, 0.25) is 0 Å². The highest BCUT2D eigenvalue weighted by Gasteiger charge is 2.39. The molecule has 0 heterocycles. The van der Waals surface area contributed by atoms with E-state index in [1.807, 2.05) is 0 Å². The second-order valence-corrected chi connectivity index (χ2v) is 3.05. The number of hydrogen-bond donors (Lipinski definition) is 0. The third-order valence-corrected chi connectivity index (χ3v) is 1.52. The second-order valence-electron chi connectivity index (χ2n) is 2.57.